The van der Waals surface area contributed by atoms with Gasteiger partial charge in [0.25, 0.3) is 5.91 Å². The average molecular weight is 532 g/mol. The van der Waals surface area contributed by atoms with Gasteiger partial charge in [-0.3, -0.25) is 19.8 Å². The number of nitrogens with zero attached hydrogens (tertiary/aromatic N) is 4. The lowest BCUT2D eigenvalue weighted by Crippen LogP contribution is -2.53. The van der Waals surface area contributed by atoms with E-state index in [0.717, 1.165) is 29.4 Å². The monoisotopic (exact) mass is 531 g/mol. The largest absolute Gasteiger partial charge is 0.455 e. The molecule has 0 radical (unpaired) electrons. The molecule has 3 aromatic rings. The number of hydrogen-bond acceptors (Lipinski definition) is 7. The molecule has 2 aromatic carbocycles. The number of ether oxygens (including phenoxy) is 1. The van der Waals surface area contributed by atoms with Gasteiger partial charge in [-0.15, -0.1) is 0 Å². The quantitative estimate of drug-likeness (QED) is 0.545. The lowest BCUT2D eigenvalue weighted by atomic mass is 9.99. The van der Waals surface area contributed by atoms with Crippen molar-refractivity contribution in [2.75, 3.05) is 39.3 Å². The van der Waals surface area contributed by atoms with Crippen LogP contribution < -0.4 is 5.32 Å². The van der Waals surface area contributed by atoms with Crippen LogP contribution in [0, 0.1) is 5.82 Å². The first-order valence-electron chi connectivity index (χ1n) is 13.3. The number of furan rings is 1. The number of amides is 2. The fourth-order valence-corrected chi connectivity index (χ4v) is 5.27. The van der Waals surface area contributed by atoms with Crippen molar-refractivity contribution in [2.45, 2.75) is 31.4 Å². The molecule has 0 saturated carbocycles. The molecule has 3 aliphatic rings. The van der Waals surface area contributed by atoms with Crippen LogP contribution in [-0.2, 0) is 14.3 Å². The Labute approximate surface area is 225 Å². The summed E-state index contributed by atoms with van der Waals surface area (Å²) in [6.07, 6.45) is 1.82. The third-order valence-electron chi connectivity index (χ3n) is 7.38. The summed E-state index contributed by atoms with van der Waals surface area (Å²) in [4.78, 5) is 38.8. The van der Waals surface area contributed by atoms with E-state index >= 15 is 0 Å². The maximum Gasteiger partial charge on any atom is 0.251 e. The zero-order valence-corrected chi connectivity index (χ0v) is 21.5. The van der Waals surface area contributed by atoms with Crippen LogP contribution in [0.4, 0.5) is 4.39 Å². The van der Waals surface area contributed by atoms with Crippen LogP contribution in [0.3, 0.4) is 0 Å². The number of carbonyl (C=O) groups is 2. The number of hydrogen-bond donors (Lipinski definition) is 1. The standard InChI is InChI=1S/C29H30FN5O4/c30-21-9-7-19(8-10-21)22-17-23(26-16-20-4-1-2-5-24(20)39-26)32-29(31-22)33-27(36)18-34-11-13-35(14-12-34)28(37)25-6-3-15-38-25/h1-2,4-5,7-10,16,22,25H,3,6,11-15,17-18H2,(H,31,33,36). The number of benzene rings is 2. The summed E-state index contributed by atoms with van der Waals surface area (Å²) in [6, 6.07) is 15.5. The van der Waals surface area contributed by atoms with Crippen LogP contribution in [0.15, 0.2) is 69.0 Å². The fraction of sp³-hybridized carbons (Fsp3) is 0.379. The third-order valence-corrected chi connectivity index (χ3v) is 7.38. The molecule has 2 saturated heterocycles. The first-order chi connectivity index (χ1) is 19.0. The lowest BCUT2D eigenvalue weighted by Gasteiger charge is -2.35. The SMILES string of the molecule is O=C(CN1CCN(C(=O)C2CCCO2)CC1)NC1=NC(c2ccc(F)cc2)CC(c2cc3ccccc3o2)=N1. The van der Waals surface area contributed by atoms with E-state index in [1.54, 1.807) is 12.1 Å². The fourth-order valence-electron chi connectivity index (χ4n) is 5.27. The Bertz CT molecular complexity index is 1390. The molecule has 2 fully saturated rings. The van der Waals surface area contributed by atoms with E-state index in [9.17, 15) is 14.0 Å². The number of nitrogens with one attached hydrogen (secondary N) is 1. The van der Waals surface area contributed by atoms with Crippen LogP contribution in [0.5, 0.6) is 0 Å². The number of fused-ring (bicyclic) bond motifs is 1. The highest BCUT2D eigenvalue weighted by Crippen LogP contribution is 2.29. The van der Waals surface area contributed by atoms with Crippen molar-refractivity contribution < 1.29 is 23.1 Å². The zero-order valence-electron chi connectivity index (χ0n) is 21.5. The van der Waals surface area contributed by atoms with Gasteiger partial charge in [-0.2, -0.15) is 0 Å². The number of piperazine rings is 1. The van der Waals surface area contributed by atoms with E-state index < -0.39 is 0 Å². The van der Waals surface area contributed by atoms with E-state index in [4.69, 9.17) is 9.15 Å². The summed E-state index contributed by atoms with van der Waals surface area (Å²) in [5, 5.41) is 3.81. The Kier molecular flexibility index (Phi) is 7.21. The number of rotatable bonds is 5. The summed E-state index contributed by atoms with van der Waals surface area (Å²) >= 11 is 0. The predicted molar refractivity (Wildman–Crippen MR) is 144 cm³/mol. The molecule has 0 spiro atoms. The van der Waals surface area contributed by atoms with Gasteiger partial charge in [-0.1, -0.05) is 30.3 Å². The maximum atomic E-state index is 13.6. The molecule has 2 amide bonds. The number of carbonyl (C=O) groups excluding carboxylic acids is 2. The van der Waals surface area contributed by atoms with Crippen LogP contribution in [-0.4, -0.2) is 78.7 Å². The molecule has 0 bridgehead atoms. The third kappa shape index (κ3) is 5.76. The van der Waals surface area contributed by atoms with Crippen LogP contribution in [0.1, 0.15) is 36.6 Å². The Morgan fingerprint density at radius 3 is 2.59 bits per heavy atom. The zero-order chi connectivity index (χ0) is 26.8. The summed E-state index contributed by atoms with van der Waals surface area (Å²) in [7, 11) is 0. The summed E-state index contributed by atoms with van der Waals surface area (Å²) < 4.78 is 25.1. The lowest BCUT2D eigenvalue weighted by molar-refractivity contribution is -0.142. The minimum Gasteiger partial charge on any atom is -0.455 e. The molecule has 4 heterocycles. The molecule has 1 N–H and O–H groups in total. The van der Waals surface area contributed by atoms with Gasteiger partial charge in [0.15, 0.2) is 0 Å². The first kappa shape index (κ1) is 25.4. The summed E-state index contributed by atoms with van der Waals surface area (Å²) in [5.41, 5.74) is 2.23. The van der Waals surface area contributed by atoms with E-state index in [-0.39, 0.29) is 42.3 Å². The van der Waals surface area contributed by atoms with Crippen molar-refractivity contribution in [2.24, 2.45) is 9.98 Å². The van der Waals surface area contributed by atoms with Gasteiger partial charge >= 0.3 is 0 Å². The van der Waals surface area contributed by atoms with E-state index in [1.165, 1.54) is 12.1 Å². The van der Waals surface area contributed by atoms with E-state index in [0.29, 0.717) is 50.7 Å². The highest BCUT2D eigenvalue weighted by Gasteiger charge is 2.31. The van der Waals surface area contributed by atoms with Crippen molar-refractivity contribution >= 4 is 34.5 Å². The van der Waals surface area contributed by atoms with Crippen molar-refractivity contribution in [3.05, 3.63) is 71.7 Å². The van der Waals surface area contributed by atoms with Gasteiger partial charge in [0.05, 0.1) is 18.3 Å². The smallest absolute Gasteiger partial charge is 0.251 e. The molecule has 39 heavy (non-hydrogen) atoms. The Morgan fingerprint density at radius 1 is 1.05 bits per heavy atom. The molecule has 202 valence electrons. The number of aliphatic imine (C=N–C) groups is 2. The van der Waals surface area contributed by atoms with Crippen molar-refractivity contribution in [3.63, 3.8) is 0 Å². The average Bonchev–Trinajstić information content (AvgIpc) is 3.64. The first-order valence-corrected chi connectivity index (χ1v) is 13.3. The van der Waals surface area contributed by atoms with Crippen molar-refractivity contribution in [3.8, 4) is 0 Å². The minimum absolute atomic E-state index is 0.0486. The minimum atomic E-state index is -0.353. The van der Waals surface area contributed by atoms with Gasteiger partial charge < -0.3 is 14.1 Å². The molecule has 9 nitrogen and oxygen atoms in total. The molecule has 6 rings (SSSR count). The molecule has 1 aromatic heterocycles. The van der Waals surface area contributed by atoms with Gasteiger partial charge in [0.2, 0.25) is 11.9 Å². The number of guanidine groups is 1. The maximum absolute atomic E-state index is 13.6. The van der Waals surface area contributed by atoms with E-state index in [1.807, 2.05) is 40.1 Å². The van der Waals surface area contributed by atoms with Crippen LogP contribution >= 0.6 is 0 Å². The molecule has 0 aliphatic carbocycles. The van der Waals surface area contributed by atoms with Crippen LogP contribution in [0.2, 0.25) is 0 Å². The topological polar surface area (TPSA) is 99.7 Å². The molecular weight excluding hydrogens is 501 g/mol. The van der Waals surface area contributed by atoms with Gasteiger partial charge in [-0.05, 0) is 42.7 Å². The summed E-state index contributed by atoms with van der Waals surface area (Å²) in [5.74, 6) is 0.295. The summed E-state index contributed by atoms with van der Waals surface area (Å²) in [6.45, 7) is 3.14. The normalized spacial score (nSPS) is 22.0. The number of para-hydroxylation sites is 1. The van der Waals surface area contributed by atoms with E-state index in [2.05, 4.69) is 15.3 Å². The molecule has 3 aliphatic heterocycles. The second-order valence-corrected chi connectivity index (χ2v) is 10.1. The molecule has 2 unspecified atom stereocenters. The van der Waals surface area contributed by atoms with Crippen molar-refractivity contribution in [1.29, 1.82) is 0 Å². The highest BCUT2D eigenvalue weighted by molar-refractivity contribution is 6.11. The predicted octanol–water partition coefficient (Wildman–Crippen LogP) is 3.30. The van der Waals surface area contributed by atoms with Gasteiger partial charge in [-0.25, -0.2) is 14.4 Å². The molecular formula is C29H30FN5O4. The van der Waals surface area contributed by atoms with Gasteiger partial charge in [0, 0.05) is 44.6 Å². The van der Waals surface area contributed by atoms with Gasteiger partial charge in [0.1, 0.15) is 23.3 Å². The Balaban J connectivity index is 1.14. The van der Waals surface area contributed by atoms with Crippen molar-refractivity contribution in [1.82, 2.24) is 15.1 Å². The molecule has 2 atom stereocenters. The Hall–Kier alpha value is -3.89. The highest BCUT2D eigenvalue weighted by atomic mass is 19.1. The Morgan fingerprint density at radius 2 is 1.85 bits per heavy atom. The molecule has 10 heteroatoms. The second-order valence-electron chi connectivity index (χ2n) is 10.1. The number of halogens is 1. The second kappa shape index (κ2) is 11.1. The van der Waals surface area contributed by atoms with Crippen LogP contribution in [0.25, 0.3) is 11.0 Å².